The van der Waals surface area contributed by atoms with Crippen LogP contribution in [0.4, 0.5) is 0 Å². The fourth-order valence-corrected chi connectivity index (χ4v) is 2.10. The largest absolute Gasteiger partial charge is 0.507 e. The maximum Gasteiger partial charge on any atom is 0.330 e. The molecule has 1 aliphatic carbocycles. The summed E-state index contributed by atoms with van der Waals surface area (Å²) in [5.41, 5.74) is 2.70. The van der Waals surface area contributed by atoms with Crippen molar-refractivity contribution in [3.8, 4) is 5.75 Å². The lowest BCUT2D eigenvalue weighted by Crippen LogP contribution is -2.03. The Hall–Kier alpha value is -2.23. The van der Waals surface area contributed by atoms with Crippen LogP contribution in [-0.2, 0) is 14.3 Å². The number of allylic oxidation sites excluding steroid dienone is 1. The lowest BCUT2D eigenvalue weighted by Gasteiger charge is -2.21. The molecule has 20 heavy (non-hydrogen) atoms. The van der Waals surface area contributed by atoms with Crippen LogP contribution in [0.2, 0.25) is 0 Å². The van der Waals surface area contributed by atoms with Crippen LogP contribution in [0.25, 0.3) is 11.8 Å². The Balaban J connectivity index is 2.25. The molecule has 0 aliphatic heterocycles. The zero-order valence-corrected chi connectivity index (χ0v) is 11.7. The van der Waals surface area contributed by atoms with Gasteiger partial charge in [-0.05, 0) is 37.0 Å². The molecule has 1 saturated carbocycles. The monoisotopic (exact) mass is 274 g/mol. The molecule has 4 heteroatoms. The van der Waals surface area contributed by atoms with Gasteiger partial charge in [0.25, 0.3) is 0 Å². The number of carbonyl (C=O) groups is 1. The van der Waals surface area contributed by atoms with Crippen molar-refractivity contribution in [1.82, 2.24) is 0 Å². The van der Waals surface area contributed by atoms with Gasteiger partial charge >= 0.3 is 5.97 Å². The molecule has 0 spiro atoms. The number of aromatic hydroxyl groups is 1. The molecule has 0 radical (unpaired) electrons. The molecule has 0 aromatic heterocycles. The minimum absolute atomic E-state index is 0.108. The first kappa shape index (κ1) is 14.2. The van der Waals surface area contributed by atoms with Crippen LogP contribution in [0.5, 0.6) is 5.75 Å². The molecular weight excluding hydrogens is 256 g/mol. The van der Waals surface area contributed by atoms with Gasteiger partial charge in [0.2, 0.25) is 0 Å². The van der Waals surface area contributed by atoms with Crippen molar-refractivity contribution in [1.29, 1.82) is 0 Å². The number of benzene rings is 1. The van der Waals surface area contributed by atoms with E-state index in [1.807, 2.05) is 6.07 Å². The van der Waals surface area contributed by atoms with E-state index in [-0.39, 0.29) is 5.75 Å². The van der Waals surface area contributed by atoms with Crippen molar-refractivity contribution in [2.75, 3.05) is 14.2 Å². The van der Waals surface area contributed by atoms with Gasteiger partial charge in [-0.25, -0.2) is 4.79 Å². The summed E-state index contributed by atoms with van der Waals surface area (Å²) >= 11 is 0. The smallest absolute Gasteiger partial charge is 0.330 e. The maximum absolute atomic E-state index is 11.0. The average molecular weight is 274 g/mol. The molecule has 106 valence electrons. The van der Waals surface area contributed by atoms with Gasteiger partial charge < -0.3 is 14.6 Å². The molecule has 1 N–H and O–H groups in total. The third-order valence-corrected chi connectivity index (χ3v) is 3.38. The quantitative estimate of drug-likeness (QED) is 0.520. The molecule has 4 nitrogen and oxygen atoms in total. The summed E-state index contributed by atoms with van der Waals surface area (Å²) in [6.45, 7) is 0. The number of esters is 1. The normalized spacial score (nSPS) is 14.0. The standard InChI is InChI=1S/C16H18O4/c1-19-15(18)9-8-11-6-7-13(10-14(11)17)16(20-2)12-4-3-5-12/h6-10,17H,3-5H2,1-2H3/b9-8+. The number of carbonyl (C=O) groups excluding carboxylic acids is 1. The van der Waals surface area contributed by atoms with Gasteiger partial charge in [0.1, 0.15) is 11.5 Å². The summed E-state index contributed by atoms with van der Waals surface area (Å²) in [4.78, 5) is 11.0. The molecule has 1 fully saturated rings. The summed E-state index contributed by atoms with van der Waals surface area (Å²) in [6.07, 6.45) is 6.08. The van der Waals surface area contributed by atoms with Crippen LogP contribution < -0.4 is 0 Å². The van der Waals surface area contributed by atoms with E-state index in [1.54, 1.807) is 19.2 Å². The second-order valence-electron chi connectivity index (χ2n) is 4.62. The van der Waals surface area contributed by atoms with Crippen molar-refractivity contribution in [3.63, 3.8) is 0 Å². The van der Waals surface area contributed by atoms with Gasteiger partial charge in [-0.2, -0.15) is 0 Å². The first-order chi connectivity index (χ1) is 9.65. The van der Waals surface area contributed by atoms with Gasteiger partial charge in [0, 0.05) is 17.2 Å². The van der Waals surface area contributed by atoms with Crippen LogP contribution in [0, 0.1) is 0 Å². The number of hydrogen-bond acceptors (Lipinski definition) is 4. The SMILES string of the molecule is COC(=O)/C=C/c1ccc(C(OC)=C2CCC2)cc1O. The molecule has 0 saturated heterocycles. The van der Waals surface area contributed by atoms with Crippen molar-refractivity contribution >= 4 is 17.8 Å². The van der Waals surface area contributed by atoms with E-state index in [2.05, 4.69) is 4.74 Å². The Morgan fingerprint density at radius 3 is 2.50 bits per heavy atom. The lowest BCUT2D eigenvalue weighted by atomic mass is 9.89. The van der Waals surface area contributed by atoms with Crippen molar-refractivity contribution < 1.29 is 19.4 Å². The van der Waals surface area contributed by atoms with Gasteiger partial charge in [0.05, 0.1) is 14.2 Å². The van der Waals surface area contributed by atoms with Crippen LogP contribution >= 0.6 is 0 Å². The Labute approximate surface area is 118 Å². The van der Waals surface area contributed by atoms with E-state index >= 15 is 0 Å². The fraction of sp³-hybridized carbons (Fsp3) is 0.312. The van der Waals surface area contributed by atoms with Gasteiger partial charge in [-0.3, -0.25) is 0 Å². The highest BCUT2D eigenvalue weighted by atomic mass is 16.5. The number of rotatable bonds is 4. The van der Waals surface area contributed by atoms with E-state index in [4.69, 9.17) is 4.74 Å². The zero-order chi connectivity index (χ0) is 14.5. The van der Waals surface area contributed by atoms with Crippen molar-refractivity contribution in [2.24, 2.45) is 0 Å². The third kappa shape index (κ3) is 3.02. The Morgan fingerprint density at radius 1 is 1.25 bits per heavy atom. The molecule has 0 bridgehead atoms. The number of phenolic OH excluding ortho intramolecular Hbond substituents is 1. The first-order valence-corrected chi connectivity index (χ1v) is 6.51. The van der Waals surface area contributed by atoms with Gasteiger partial charge in [-0.15, -0.1) is 0 Å². The van der Waals surface area contributed by atoms with E-state index in [0.29, 0.717) is 5.56 Å². The molecule has 1 aromatic rings. The van der Waals surface area contributed by atoms with E-state index in [1.165, 1.54) is 31.3 Å². The van der Waals surface area contributed by atoms with Crippen LogP contribution in [0.1, 0.15) is 30.4 Å². The Bertz CT molecular complexity index is 564. The van der Waals surface area contributed by atoms with Crippen molar-refractivity contribution in [2.45, 2.75) is 19.3 Å². The van der Waals surface area contributed by atoms with E-state index in [0.717, 1.165) is 24.2 Å². The van der Waals surface area contributed by atoms with Gasteiger partial charge in [0.15, 0.2) is 0 Å². The Kier molecular flexibility index (Phi) is 4.45. The molecule has 0 atom stereocenters. The average Bonchev–Trinajstić information content (AvgIpc) is 2.40. The lowest BCUT2D eigenvalue weighted by molar-refractivity contribution is -0.134. The molecule has 2 rings (SSSR count). The first-order valence-electron chi connectivity index (χ1n) is 6.51. The van der Waals surface area contributed by atoms with Crippen LogP contribution in [-0.4, -0.2) is 25.3 Å². The minimum atomic E-state index is -0.456. The maximum atomic E-state index is 11.0. The molecular formula is C16H18O4. The number of methoxy groups -OCH3 is 2. The predicted molar refractivity (Wildman–Crippen MR) is 76.9 cm³/mol. The number of ether oxygens (including phenoxy) is 2. The highest BCUT2D eigenvalue weighted by molar-refractivity contribution is 5.87. The molecule has 1 aliphatic rings. The number of hydrogen-bond donors (Lipinski definition) is 1. The summed E-state index contributed by atoms with van der Waals surface area (Å²) in [5.74, 6) is 0.495. The second-order valence-corrected chi connectivity index (χ2v) is 4.62. The summed E-state index contributed by atoms with van der Waals surface area (Å²) in [5, 5.41) is 10.0. The molecule has 1 aromatic carbocycles. The predicted octanol–water partition coefficient (Wildman–Crippen LogP) is 3.12. The zero-order valence-electron chi connectivity index (χ0n) is 11.7. The molecule has 0 heterocycles. The van der Waals surface area contributed by atoms with Gasteiger partial charge in [-0.1, -0.05) is 12.1 Å². The van der Waals surface area contributed by atoms with Crippen molar-refractivity contribution in [3.05, 3.63) is 41.0 Å². The molecule has 0 amide bonds. The fourth-order valence-electron chi connectivity index (χ4n) is 2.10. The second kappa shape index (κ2) is 6.28. The Morgan fingerprint density at radius 2 is 2.00 bits per heavy atom. The summed E-state index contributed by atoms with van der Waals surface area (Å²) in [7, 11) is 2.95. The summed E-state index contributed by atoms with van der Waals surface area (Å²) < 4.78 is 9.94. The topological polar surface area (TPSA) is 55.8 Å². The minimum Gasteiger partial charge on any atom is -0.507 e. The van der Waals surface area contributed by atoms with Crippen LogP contribution in [0.15, 0.2) is 29.8 Å². The third-order valence-electron chi connectivity index (χ3n) is 3.38. The highest BCUT2D eigenvalue weighted by Gasteiger charge is 2.17. The highest BCUT2D eigenvalue weighted by Crippen LogP contribution is 2.35. The number of phenols is 1. The summed E-state index contributed by atoms with van der Waals surface area (Å²) in [6, 6.07) is 5.28. The van der Waals surface area contributed by atoms with E-state index < -0.39 is 5.97 Å². The van der Waals surface area contributed by atoms with E-state index in [9.17, 15) is 9.90 Å². The van der Waals surface area contributed by atoms with Crippen LogP contribution in [0.3, 0.4) is 0 Å². The molecule has 0 unspecified atom stereocenters.